The van der Waals surface area contributed by atoms with Crippen LogP contribution in [0.3, 0.4) is 0 Å². The molecular weight excluding hydrogens is 104 g/mol. The van der Waals surface area contributed by atoms with Crippen LogP contribution in [0.2, 0.25) is 0 Å². The lowest BCUT2D eigenvalue weighted by atomic mass is 10.5. The highest BCUT2D eigenvalue weighted by atomic mass is 16.1. The minimum absolute atomic E-state index is 0.313. The third kappa shape index (κ3) is 1.75. The van der Waals surface area contributed by atoms with Crippen LogP contribution in [0.15, 0.2) is 12.3 Å². The molecule has 0 aliphatic carbocycles. The minimum atomic E-state index is 0.313. The molecule has 0 aliphatic rings. The van der Waals surface area contributed by atoms with E-state index in [2.05, 4.69) is 6.58 Å². The zero-order valence-electron chi connectivity index (χ0n) is 4.92. The van der Waals surface area contributed by atoms with Crippen LogP contribution in [-0.2, 0) is 4.79 Å². The summed E-state index contributed by atoms with van der Waals surface area (Å²) >= 11 is 0. The van der Waals surface area contributed by atoms with Crippen molar-refractivity contribution in [1.29, 1.82) is 0 Å². The van der Waals surface area contributed by atoms with Gasteiger partial charge in [0.15, 0.2) is 6.29 Å². The van der Waals surface area contributed by atoms with Crippen LogP contribution >= 0.6 is 0 Å². The number of hydrogen-bond acceptors (Lipinski definition) is 3. The van der Waals surface area contributed by atoms with Crippen molar-refractivity contribution in [3.63, 3.8) is 0 Å². The number of hydrazine groups is 1. The van der Waals surface area contributed by atoms with Crippen LogP contribution in [0.1, 0.15) is 6.92 Å². The van der Waals surface area contributed by atoms with Crippen LogP contribution in [0, 0.1) is 0 Å². The van der Waals surface area contributed by atoms with Gasteiger partial charge in [-0.15, -0.1) is 0 Å². The first-order valence-electron chi connectivity index (χ1n) is 2.38. The largest absolute Gasteiger partial charge is 0.309 e. The van der Waals surface area contributed by atoms with Gasteiger partial charge < -0.3 is 5.01 Å². The maximum atomic E-state index is 9.88. The van der Waals surface area contributed by atoms with Crippen LogP contribution in [0.5, 0.6) is 0 Å². The van der Waals surface area contributed by atoms with Crippen LogP contribution in [0.25, 0.3) is 0 Å². The quantitative estimate of drug-likeness (QED) is 0.241. The van der Waals surface area contributed by atoms with Gasteiger partial charge in [-0.3, -0.25) is 4.79 Å². The highest BCUT2D eigenvalue weighted by Crippen LogP contribution is 1.86. The van der Waals surface area contributed by atoms with Gasteiger partial charge in [0.1, 0.15) is 0 Å². The molecule has 3 heteroatoms. The van der Waals surface area contributed by atoms with E-state index in [4.69, 9.17) is 5.84 Å². The third-order valence-electron chi connectivity index (χ3n) is 0.846. The van der Waals surface area contributed by atoms with Gasteiger partial charge in [0, 0.05) is 6.54 Å². The predicted molar refractivity (Wildman–Crippen MR) is 31.8 cm³/mol. The Balaban J connectivity index is 3.62. The lowest BCUT2D eigenvalue weighted by Gasteiger charge is -2.12. The van der Waals surface area contributed by atoms with Gasteiger partial charge in [-0.2, -0.15) is 0 Å². The highest BCUT2D eigenvalue weighted by Gasteiger charge is 1.93. The third-order valence-corrected chi connectivity index (χ3v) is 0.846. The second-order valence-corrected chi connectivity index (χ2v) is 1.40. The maximum Gasteiger partial charge on any atom is 0.166 e. The zero-order valence-corrected chi connectivity index (χ0v) is 4.92. The van der Waals surface area contributed by atoms with Gasteiger partial charge in [-0.25, -0.2) is 5.84 Å². The van der Waals surface area contributed by atoms with Crippen molar-refractivity contribution >= 4 is 6.29 Å². The Morgan fingerprint density at radius 1 is 2.00 bits per heavy atom. The van der Waals surface area contributed by atoms with Crippen molar-refractivity contribution in [1.82, 2.24) is 5.01 Å². The summed E-state index contributed by atoms with van der Waals surface area (Å²) in [6.45, 7) is 5.83. The topological polar surface area (TPSA) is 46.3 Å². The van der Waals surface area contributed by atoms with E-state index in [1.807, 2.05) is 6.92 Å². The summed E-state index contributed by atoms with van der Waals surface area (Å²) in [4.78, 5) is 9.88. The van der Waals surface area contributed by atoms with Gasteiger partial charge in [0.05, 0.1) is 5.70 Å². The number of aldehydes is 1. The Labute approximate surface area is 48.7 Å². The fraction of sp³-hybridized carbons (Fsp3) is 0.400. The molecular formula is C5H10N2O. The summed E-state index contributed by atoms with van der Waals surface area (Å²) in [5.41, 5.74) is 0.313. The normalized spacial score (nSPS) is 8.25. The van der Waals surface area contributed by atoms with Gasteiger partial charge in [-0.1, -0.05) is 6.58 Å². The molecule has 46 valence electrons. The summed E-state index contributed by atoms with van der Waals surface area (Å²) in [6, 6.07) is 0. The van der Waals surface area contributed by atoms with E-state index in [9.17, 15) is 4.79 Å². The second-order valence-electron chi connectivity index (χ2n) is 1.40. The Morgan fingerprint density at radius 3 is 2.62 bits per heavy atom. The first-order valence-corrected chi connectivity index (χ1v) is 2.38. The maximum absolute atomic E-state index is 9.88. The Kier molecular flexibility index (Phi) is 2.88. The monoisotopic (exact) mass is 114 g/mol. The molecule has 0 unspecified atom stereocenters. The van der Waals surface area contributed by atoms with E-state index < -0.39 is 0 Å². The Hall–Kier alpha value is -0.830. The molecule has 0 aliphatic heterocycles. The molecule has 0 bridgehead atoms. The number of rotatable bonds is 3. The van der Waals surface area contributed by atoms with Crippen molar-refractivity contribution in [2.45, 2.75) is 6.92 Å². The molecule has 0 heterocycles. The molecule has 0 saturated carbocycles. The molecule has 3 nitrogen and oxygen atoms in total. The first-order chi connectivity index (χ1) is 3.72. The summed E-state index contributed by atoms with van der Waals surface area (Å²) in [5.74, 6) is 5.23. The number of carbonyl (C=O) groups excluding carboxylic acids is 1. The molecule has 0 amide bonds. The number of nitrogens with two attached hydrogens (primary N) is 1. The van der Waals surface area contributed by atoms with Crippen LogP contribution in [-0.4, -0.2) is 17.8 Å². The minimum Gasteiger partial charge on any atom is -0.309 e. The highest BCUT2D eigenvalue weighted by molar-refractivity contribution is 5.70. The van der Waals surface area contributed by atoms with Crippen molar-refractivity contribution in [2.24, 2.45) is 5.84 Å². The summed E-state index contributed by atoms with van der Waals surface area (Å²) < 4.78 is 0. The molecule has 0 aromatic carbocycles. The summed E-state index contributed by atoms with van der Waals surface area (Å²) in [7, 11) is 0. The first kappa shape index (κ1) is 7.17. The number of hydrogen-bond donors (Lipinski definition) is 1. The fourth-order valence-corrected chi connectivity index (χ4v) is 0.271. The average Bonchev–Trinajstić information content (AvgIpc) is 1.84. The Morgan fingerprint density at radius 2 is 2.50 bits per heavy atom. The van der Waals surface area contributed by atoms with Crippen LogP contribution in [0.4, 0.5) is 0 Å². The van der Waals surface area contributed by atoms with E-state index in [-0.39, 0.29) is 0 Å². The van der Waals surface area contributed by atoms with Gasteiger partial charge in [0.2, 0.25) is 0 Å². The average molecular weight is 114 g/mol. The van der Waals surface area contributed by atoms with Crippen LogP contribution < -0.4 is 5.84 Å². The number of allylic oxidation sites excluding steroid dienone is 1. The molecule has 0 radical (unpaired) electrons. The van der Waals surface area contributed by atoms with Crippen molar-refractivity contribution in [3.8, 4) is 0 Å². The van der Waals surface area contributed by atoms with E-state index in [0.717, 1.165) is 0 Å². The molecule has 0 fully saturated rings. The standard InChI is InChI=1S/C5H10N2O/c1-3-7(6)5(2)4-8/h4H,2-3,6H2,1H3. The van der Waals surface area contributed by atoms with E-state index in [0.29, 0.717) is 18.5 Å². The second kappa shape index (κ2) is 3.21. The lowest BCUT2D eigenvalue weighted by Crippen LogP contribution is -2.29. The van der Waals surface area contributed by atoms with Crippen molar-refractivity contribution < 1.29 is 4.79 Å². The molecule has 2 N–H and O–H groups in total. The van der Waals surface area contributed by atoms with E-state index in [1.165, 1.54) is 5.01 Å². The van der Waals surface area contributed by atoms with Gasteiger partial charge >= 0.3 is 0 Å². The fourth-order valence-electron chi connectivity index (χ4n) is 0.271. The summed E-state index contributed by atoms with van der Waals surface area (Å²) in [6.07, 6.45) is 0.628. The number of nitrogens with zero attached hydrogens (tertiary/aromatic N) is 1. The number of carbonyl (C=O) groups is 1. The Bertz CT molecular complexity index is 101. The van der Waals surface area contributed by atoms with E-state index >= 15 is 0 Å². The molecule has 0 atom stereocenters. The lowest BCUT2D eigenvalue weighted by molar-refractivity contribution is -0.106. The predicted octanol–water partition coefficient (Wildman–Crippen LogP) is -0.105. The molecule has 8 heavy (non-hydrogen) atoms. The van der Waals surface area contributed by atoms with Gasteiger partial charge in [0.25, 0.3) is 0 Å². The molecule has 0 aromatic heterocycles. The smallest absolute Gasteiger partial charge is 0.166 e. The molecule has 0 saturated heterocycles. The summed E-state index contributed by atoms with van der Waals surface area (Å²) in [5, 5.41) is 1.28. The van der Waals surface area contributed by atoms with Crippen molar-refractivity contribution in [3.05, 3.63) is 12.3 Å². The zero-order chi connectivity index (χ0) is 6.57. The molecule has 0 spiro atoms. The SMILES string of the molecule is C=C(C=O)N(N)CC. The van der Waals surface area contributed by atoms with E-state index in [1.54, 1.807) is 0 Å². The molecule has 0 aromatic rings. The molecule has 0 rings (SSSR count). The van der Waals surface area contributed by atoms with Crippen molar-refractivity contribution in [2.75, 3.05) is 6.54 Å². The number of likely N-dealkylation sites (N-methyl/N-ethyl adjacent to an activating group) is 1. The van der Waals surface area contributed by atoms with Gasteiger partial charge in [-0.05, 0) is 6.92 Å².